The van der Waals surface area contributed by atoms with Gasteiger partial charge in [-0.15, -0.1) is 0 Å². The maximum absolute atomic E-state index is 13.4. The van der Waals surface area contributed by atoms with Gasteiger partial charge in [0.05, 0.1) is 18.5 Å². The molecule has 1 aliphatic heterocycles. The quantitative estimate of drug-likeness (QED) is 0.827. The Labute approximate surface area is 121 Å². The molecule has 0 unspecified atom stereocenters. The zero-order valence-electron chi connectivity index (χ0n) is 12.0. The van der Waals surface area contributed by atoms with Crippen molar-refractivity contribution in [2.24, 2.45) is 5.92 Å². The number of hydrogen-bond donors (Lipinski definition) is 2. The van der Waals surface area contributed by atoms with Crippen molar-refractivity contribution in [3.05, 3.63) is 12.4 Å². The van der Waals surface area contributed by atoms with Crippen LogP contribution in [-0.4, -0.2) is 36.8 Å². The average Bonchev–Trinajstić information content (AvgIpc) is 3.00. The molecular weight excluding hydrogens is 277 g/mol. The number of hydrogen-bond acceptors (Lipinski definition) is 6. The van der Waals surface area contributed by atoms with Crippen molar-refractivity contribution in [2.45, 2.75) is 38.5 Å². The largest absolute Gasteiger partial charge is 0.393 e. The molecule has 0 saturated carbocycles. The number of ether oxygens (including phenoxy) is 1. The van der Waals surface area contributed by atoms with Crippen molar-refractivity contribution < 1.29 is 14.2 Å². The van der Waals surface area contributed by atoms with E-state index >= 15 is 0 Å². The van der Waals surface area contributed by atoms with E-state index in [4.69, 9.17) is 10.5 Å². The van der Waals surface area contributed by atoms with Crippen molar-refractivity contribution in [1.82, 2.24) is 19.5 Å². The summed E-state index contributed by atoms with van der Waals surface area (Å²) in [5.41, 5.74) is 5.73. The Hall–Kier alpha value is -1.80. The van der Waals surface area contributed by atoms with Crippen molar-refractivity contribution in [2.75, 3.05) is 12.3 Å². The van der Waals surface area contributed by atoms with Gasteiger partial charge in [0.25, 0.3) is 0 Å². The number of nitrogen functional groups attached to an aromatic ring is 1. The summed E-state index contributed by atoms with van der Waals surface area (Å²) in [6.07, 6.45) is 1.66. The summed E-state index contributed by atoms with van der Waals surface area (Å²) in [6.45, 7) is 3.95. The van der Waals surface area contributed by atoms with Gasteiger partial charge in [-0.25, -0.2) is 4.98 Å². The number of aliphatic hydroxyl groups excluding tert-OH is 1. The number of anilines is 1. The second kappa shape index (κ2) is 4.88. The predicted octanol–water partition coefficient (Wildman–Crippen LogP) is 1.24. The second-order valence-corrected chi connectivity index (χ2v) is 5.49. The van der Waals surface area contributed by atoms with Crippen LogP contribution in [0.3, 0.4) is 0 Å². The lowest BCUT2D eigenvalue weighted by molar-refractivity contribution is -0.110. The second-order valence-electron chi connectivity index (χ2n) is 5.49. The van der Waals surface area contributed by atoms with Gasteiger partial charge in [0.1, 0.15) is 6.23 Å². The Bertz CT molecular complexity index is 670. The molecule has 0 radical (unpaired) electrons. The number of imidazole rings is 1. The minimum Gasteiger partial charge on any atom is -0.393 e. The molecule has 21 heavy (non-hydrogen) atoms. The van der Waals surface area contributed by atoms with E-state index in [0.29, 0.717) is 24.0 Å². The van der Waals surface area contributed by atoms with E-state index in [2.05, 4.69) is 15.0 Å². The van der Waals surface area contributed by atoms with Crippen molar-refractivity contribution in [1.29, 1.82) is 0 Å². The van der Waals surface area contributed by atoms with Crippen LogP contribution in [-0.2, 0) is 4.74 Å². The van der Waals surface area contributed by atoms with Crippen LogP contribution >= 0.6 is 0 Å². The van der Waals surface area contributed by atoms with E-state index in [9.17, 15) is 9.50 Å². The molecule has 3 rings (SSSR count). The Morgan fingerprint density at radius 2 is 2.33 bits per heavy atom. The fourth-order valence-corrected chi connectivity index (χ4v) is 2.98. The van der Waals surface area contributed by atoms with Gasteiger partial charge in [0.15, 0.2) is 17.0 Å². The van der Waals surface area contributed by atoms with E-state index in [0.717, 1.165) is 0 Å². The van der Waals surface area contributed by atoms with Gasteiger partial charge in [0.2, 0.25) is 0 Å². The molecule has 0 amide bonds. The SMILES string of the molecule is CC[C@@]1(CO)O[C@@H](n2cnc3c(N)nc(F)nc32)C[C@@H]1C. The molecule has 3 N–H and O–H groups in total. The molecular formula is C13H18FN5O2. The highest BCUT2D eigenvalue weighted by Gasteiger charge is 2.45. The van der Waals surface area contributed by atoms with E-state index in [1.54, 1.807) is 4.57 Å². The van der Waals surface area contributed by atoms with Gasteiger partial charge < -0.3 is 15.6 Å². The van der Waals surface area contributed by atoms with Crippen LogP contribution in [0.15, 0.2) is 6.33 Å². The first-order valence-electron chi connectivity index (χ1n) is 6.95. The third kappa shape index (κ3) is 2.06. The Kier molecular flexibility index (Phi) is 3.29. The third-order valence-electron chi connectivity index (χ3n) is 4.42. The summed E-state index contributed by atoms with van der Waals surface area (Å²) in [5, 5.41) is 9.65. The average molecular weight is 295 g/mol. The lowest BCUT2D eigenvalue weighted by Crippen LogP contribution is -2.37. The summed E-state index contributed by atoms with van der Waals surface area (Å²) >= 11 is 0. The van der Waals surface area contributed by atoms with E-state index in [1.165, 1.54) is 6.33 Å². The van der Waals surface area contributed by atoms with E-state index in [1.807, 2.05) is 13.8 Å². The number of nitrogens with zero attached hydrogens (tertiary/aromatic N) is 4. The van der Waals surface area contributed by atoms with Crippen LogP contribution in [0, 0.1) is 12.0 Å². The zero-order chi connectivity index (χ0) is 15.2. The minimum absolute atomic E-state index is 0.00575. The normalized spacial score (nSPS) is 29.3. The van der Waals surface area contributed by atoms with Gasteiger partial charge in [-0.05, 0) is 18.8 Å². The topological polar surface area (TPSA) is 99.1 Å². The van der Waals surface area contributed by atoms with Crippen LogP contribution in [0.2, 0.25) is 0 Å². The molecule has 0 aromatic carbocycles. The summed E-state index contributed by atoms with van der Waals surface area (Å²) in [4.78, 5) is 11.4. The highest BCUT2D eigenvalue weighted by atomic mass is 19.1. The highest BCUT2D eigenvalue weighted by Crippen LogP contribution is 2.43. The Balaban J connectivity index is 2.03. The molecule has 1 fully saturated rings. The first-order chi connectivity index (χ1) is 10.0. The molecule has 2 aromatic rings. The maximum atomic E-state index is 13.4. The summed E-state index contributed by atoms with van der Waals surface area (Å²) in [5.74, 6) is 0.171. The smallest absolute Gasteiger partial charge is 0.312 e. The molecule has 1 aliphatic rings. The zero-order valence-corrected chi connectivity index (χ0v) is 12.0. The third-order valence-corrected chi connectivity index (χ3v) is 4.42. The number of halogens is 1. The molecule has 0 spiro atoms. The highest BCUT2D eigenvalue weighted by molar-refractivity contribution is 5.81. The molecule has 0 aliphatic carbocycles. The fraction of sp³-hybridized carbons (Fsp3) is 0.615. The number of aliphatic hydroxyl groups is 1. The lowest BCUT2D eigenvalue weighted by atomic mass is 9.87. The molecule has 8 heteroatoms. The van der Waals surface area contributed by atoms with Crippen molar-refractivity contribution in [3.63, 3.8) is 0 Å². The monoisotopic (exact) mass is 295 g/mol. The summed E-state index contributed by atoms with van der Waals surface area (Å²) in [6, 6.07) is 0. The van der Waals surface area contributed by atoms with Gasteiger partial charge in [-0.3, -0.25) is 4.57 Å². The van der Waals surface area contributed by atoms with Crippen LogP contribution in [0.25, 0.3) is 11.2 Å². The van der Waals surface area contributed by atoms with E-state index < -0.39 is 11.7 Å². The summed E-state index contributed by atoms with van der Waals surface area (Å²) < 4.78 is 21.1. The molecule has 7 nitrogen and oxygen atoms in total. The number of fused-ring (bicyclic) bond motifs is 1. The lowest BCUT2D eigenvalue weighted by Gasteiger charge is -2.29. The molecule has 3 atom stereocenters. The first kappa shape index (κ1) is 14.2. The molecule has 114 valence electrons. The summed E-state index contributed by atoms with van der Waals surface area (Å²) in [7, 11) is 0. The van der Waals surface area contributed by atoms with Gasteiger partial charge in [-0.2, -0.15) is 14.4 Å². The van der Waals surface area contributed by atoms with Crippen LogP contribution in [0.1, 0.15) is 32.9 Å². The van der Waals surface area contributed by atoms with Crippen LogP contribution in [0.5, 0.6) is 0 Å². The Morgan fingerprint density at radius 1 is 1.57 bits per heavy atom. The molecule has 2 aromatic heterocycles. The van der Waals surface area contributed by atoms with Crippen LogP contribution < -0.4 is 5.73 Å². The van der Waals surface area contributed by atoms with Crippen molar-refractivity contribution >= 4 is 17.0 Å². The molecule has 0 bridgehead atoms. The van der Waals surface area contributed by atoms with Gasteiger partial charge in [0, 0.05) is 0 Å². The minimum atomic E-state index is -0.892. The first-order valence-corrected chi connectivity index (χ1v) is 6.95. The fourth-order valence-electron chi connectivity index (χ4n) is 2.98. The van der Waals surface area contributed by atoms with Gasteiger partial charge in [-0.1, -0.05) is 13.8 Å². The van der Waals surface area contributed by atoms with Gasteiger partial charge >= 0.3 is 6.08 Å². The predicted molar refractivity (Wildman–Crippen MR) is 73.7 cm³/mol. The van der Waals surface area contributed by atoms with Crippen molar-refractivity contribution in [3.8, 4) is 0 Å². The number of rotatable bonds is 3. The number of aromatic nitrogens is 4. The standard InChI is InChI=1S/C13H18FN5O2/c1-3-13(5-20)7(2)4-8(21-13)19-6-16-9-10(15)17-12(14)18-11(9)19/h6-8,20H,3-5H2,1-2H3,(H2,15,17,18)/t7-,8+,13-/m0/s1. The molecule has 3 heterocycles. The van der Waals surface area contributed by atoms with Crippen LogP contribution in [0.4, 0.5) is 10.2 Å². The number of nitrogens with two attached hydrogens (primary N) is 1. The Morgan fingerprint density at radius 3 is 2.95 bits per heavy atom. The maximum Gasteiger partial charge on any atom is 0.312 e. The molecule has 1 saturated heterocycles. The van der Waals surface area contributed by atoms with E-state index in [-0.39, 0.29) is 24.6 Å².